The van der Waals surface area contributed by atoms with Gasteiger partial charge in [-0.3, -0.25) is 4.79 Å². The highest BCUT2D eigenvalue weighted by Crippen LogP contribution is 2.16. The first-order valence-electron chi connectivity index (χ1n) is 6.63. The molecule has 1 aromatic carbocycles. The van der Waals surface area contributed by atoms with E-state index in [0.717, 1.165) is 18.5 Å². The topological polar surface area (TPSA) is 38.3 Å². The van der Waals surface area contributed by atoms with E-state index in [1.807, 2.05) is 12.1 Å². The molecule has 0 aliphatic heterocycles. The van der Waals surface area contributed by atoms with E-state index in [-0.39, 0.29) is 12.5 Å². The Morgan fingerprint density at radius 3 is 2.50 bits per heavy atom. The molecule has 3 heteroatoms. The Bertz CT molecular complexity index is 357. The molecule has 100 valence electrons. The summed E-state index contributed by atoms with van der Waals surface area (Å²) < 4.78 is 5.06. The van der Waals surface area contributed by atoms with Gasteiger partial charge in [0, 0.05) is 5.69 Å². The number of ether oxygens (including phenoxy) is 1. The predicted octanol–water partition coefficient (Wildman–Crippen LogP) is 3.57. The Hall–Kier alpha value is -1.51. The number of unbranched alkanes of at least 4 members (excludes halogenated alkanes) is 1. The molecule has 0 unspecified atom stereocenters. The molecule has 0 fully saturated rings. The molecule has 0 saturated carbocycles. The quantitative estimate of drug-likeness (QED) is 0.593. The number of esters is 1. The molecular weight excluding hydrogens is 226 g/mol. The molecule has 18 heavy (non-hydrogen) atoms. The minimum Gasteiger partial charge on any atom is -0.464 e. The molecule has 0 saturated heterocycles. The van der Waals surface area contributed by atoms with Crippen LogP contribution in [0.25, 0.3) is 0 Å². The second kappa shape index (κ2) is 7.75. The van der Waals surface area contributed by atoms with Crippen molar-refractivity contribution >= 4 is 11.7 Å². The number of anilines is 1. The lowest BCUT2D eigenvalue weighted by molar-refractivity contribution is -0.141. The van der Waals surface area contributed by atoms with Crippen molar-refractivity contribution in [3.05, 3.63) is 29.8 Å². The number of carbonyl (C=O) groups excluding carboxylic acids is 1. The van der Waals surface area contributed by atoms with Crippen molar-refractivity contribution in [2.45, 2.75) is 39.5 Å². The average Bonchev–Trinajstić information content (AvgIpc) is 2.37. The van der Waals surface area contributed by atoms with Gasteiger partial charge in [-0.2, -0.15) is 0 Å². The summed E-state index contributed by atoms with van der Waals surface area (Å²) in [5, 5.41) is 3.06. The summed E-state index contributed by atoms with van der Waals surface area (Å²) in [6.45, 7) is 7.14. The van der Waals surface area contributed by atoms with Crippen LogP contribution in [0.3, 0.4) is 0 Å². The maximum atomic E-state index is 11.4. The fourth-order valence-corrected chi connectivity index (χ4v) is 1.54. The lowest BCUT2D eigenvalue weighted by Crippen LogP contribution is -2.17. The van der Waals surface area contributed by atoms with Gasteiger partial charge in [0.25, 0.3) is 0 Å². The first-order chi connectivity index (χ1) is 8.63. The van der Waals surface area contributed by atoms with Crippen LogP contribution in [0.5, 0.6) is 0 Å². The first-order valence-corrected chi connectivity index (χ1v) is 6.63. The maximum absolute atomic E-state index is 11.4. The number of carbonyl (C=O) groups is 1. The standard InChI is InChI=1S/C15H23NO2/c1-4-5-10-18-15(17)11-16-14-8-6-13(7-9-14)12(2)3/h6-9,12,16H,4-5,10-11H2,1-3H3. The second-order valence-corrected chi connectivity index (χ2v) is 4.70. The molecule has 0 aliphatic rings. The van der Waals surface area contributed by atoms with Gasteiger partial charge in [0.1, 0.15) is 6.54 Å². The molecule has 0 aliphatic carbocycles. The minimum absolute atomic E-state index is 0.198. The van der Waals surface area contributed by atoms with Gasteiger partial charge in [0.2, 0.25) is 0 Å². The van der Waals surface area contributed by atoms with Gasteiger partial charge in [-0.05, 0) is 30.0 Å². The van der Waals surface area contributed by atoms with Crippen LogP contribution in [-0.2, 0) is 9.53 Å². The molecule has 0 aromatic heterocycles. The third-order valence-electron chi connectivity index (χ3n) is 2.78. The molecule has 0 radical (unpaired) electrons. The molecule has 1 aromatic rings. The van der Waals surface area contributed by atoms with E-state index in [9.17, 15) is 4.79 Å². The molecule has 0 spiro atoms. The van der Waals surface area contributed by atoms with Crippen LogP contribution in [0.15, 0.2) is 24.3 Å². The third-order valence-corrected chi connectivity index (χ3v) is 2.78. The lowest BCUT2D eigenvalue weighted by atomic mass is 10.0. The summed E-state index contributed by atoms with van der Waals surface area (Å²) in [7, 11) is 0. The fraction of sp³-hybridized carbons (Fsp3) is 0.533. The van der Waals surface area contributed by atoms with Crippen molar-refractivity contribution in [3.8, 4) is 0 Å². The van der Waals surface area contributed by atoms with E-state index in [1.165, 1.54) is 5.56 Å². The highest BCUT2D eigenvalue weighted by Gasteiger charge is 2.03. The van der Waals surface area contributed by atoms with Crippen molar-refractivity contribution in [2.24, 2.45) is 0 Å². The molecule has 3 nitrogen and oxygen atoms in total. The molecule has 0 heterocycles. The Balaban J connectivity index is 2.32. The smallest absolute Gasteiger partial charge is 0.325 e. The van der Waals surface area contributed by atoms with Crippen LogP contribution in [-0.4, -0.2) is 19.1 Å². The van der Waals surface area contributed by atoms with E-state index in [0.29, 0.717) is 12.5 Å². The Morgan fingerprint density at radius 1 is 1.28 bits per heavy atom. The van der Waals surface area contributed by atoms with Crippen LogP contribution >= 0.6 is 0 Å². The van der Waals surface area contributed by atoms with E-state index in [2.05, 4.69) is 38.2 Å². The van der Waals surface area contributed by atoms with Gasteiger partial charge in [0.05, 0.1) is 6.61 Å². The highest BCUT2D eigenvalue weighted by molar-refractivity contribution is 5.74. The van der Waals surface area contributed by atoms with Gasteiger partial charge in [-0.25, -0.2) is 0 Å². The molecular formula is C15H23NO2. The molecule has 0 atom stereocenters. The summed E-state index contributed by atoms with van der Waals surface area (Å²) in [6.07, 6.45) is 1.96. The number of hydrogen-bond acceptors (Lipinski definition) is 3. The first kappa shape index (κ1) is 14.6. The van der Waals surface area contributed by atoms with Gasteiger partial charge in [-0.1, -0.05) is 39.3 Å². The summed E-state index contributed by atoms with van der Waals surface area (Å²) in [6, 6.07) is 8.15. The predicted molar refractivity (Wildman–Crippen MR) is 74.9 cm³/mol. The van der Waals surface area contributed by atoms with E-state index >= 15 is 0 Å². The summed E-state index contributed by atoms with van der Waals surface area (Å²) >= 11 is 0. The average molecular weight is 249 g/mol. The molecule has 0 bridgehead atoms. The molecule has 1 rings (SSSR count). The number of hydrogen-bond donors (Lipinski definition) is 1. The van der Waals surface area contributed by atoms with E-state index < -0.39 is 0 Å². The molecule has 0 amide bonds. The van der Waals surface area contributed by atoms with E-state index in [4.69, 9.17) is 4.74 Å². The van der Waals surface area contributed by atoms with Crippen LogP contribution in [0, 0.1) is 0 Å². The SMILES string of the molecule is CCCCOC(=O)CNc1ccc(C(C)C)cc1. The lowest BCUT2D eigenvalue weighted by Gasteiger charge is -2.09. The number of rotatable bonds is 7. The normalized spacial score (nSPS) is 10.4. The zero-order chi connectivity index (χ0) is 13.4. The van der Waals surface area contributed by atoms with Crippen LogP contribution < -0.4 is 5.32 Å². The summed E-state index contributed by atoms with van der Waals surface area (Å²) in [4.78, 5) is 11.4. The largest absolute Gasteiger partial charge is 0.464 e. The van der Waals surface area contributed by atoms with E-state index in [1.54, 1.807) is 0 Å². The highest BCUT2D eigenvalue weighted by atomic mass is 16.5. The van der Waals surface area contributed by atoms with Gasteiger partial charge >= 0.3 is 5.97 Å². The number of nitrogens with one attached hydrogen (secondary N) is 1. The molecule has 1 N–H and O–H groups in total. The van der Waals surface area contributed by atoms with Crippen molar-refractivity contribution in [2.75, 3.05) is 18.5 Å². The number of benzene rings is 1. The van der Waals surface area contributed by atoms with Crippen molar-refractivity contribution in [3.63, 3.8) is 0 Å². The maximum Gasteiger partial charge on any atom is 0.325 e. The minimum atomic E-state index is -0.198. The third kappa shape index (κ3) is 5.21. The zero-order valence-electron chi connectivity index (χ0n) is 11.5. The van der Waals surface area contributed by atoms with Gasteiger partial charge in [0.15, 0.2) is 0 Å². The van der Waals surface area contributed by atoms with Crippen molar-refractivity contribution < 1.29 is 9.53 Å². The van der Waals surface area contributed by atoms with Gasteiger partial charge in [-0.15, -0.1) is 0 Å². The van der Waals surface area contributed by atoms with Crippen molar-refractivity contribution in [1.82, 2.24) is 0 Å². The van der Waals surface area contributed by atoms with Crippen LogP contribution in [0.1, 0.15) is 45.1 Å². The Morgan fingerprint density at radius 2 is 1.94 bits per heavy atom. The monoisotopic (exact) mass is 249 g/mol. The van der Waals surface area contributed by atoms with Crippen LogP contribution in [0.4, 0.5) is 5.69 Å². The van der Waals surface area contributed by atoms with Gasteiger partial charge < -0.3 is 10.1 Å². The summed E-state index contributed by atoms with van der Waals surface area (Å²) in [5.41, 5.74) is 2.25. The Labute approximate surface area is 110 Å². The van der Waals surface area contributed by atoms with Crippen LogP contribution in [0.2, 0.25) is 0 Å². The summed E-state index contributed by atoms with van der Waals surface area (Å²) in [5.74, 6) is 0.328. The zero-order valence-corrected chi connectivity index (χ0v) is 11.5. The van der Waals surface area contributed by atoms with Crippen molar-refractivity contribution in [1.29, 1.82) is 0 Å². The second-order valence-electron chi connectivity index (χ2n) is 4.70. The Kier molecular flexibility index (Phi) is 6.26. The fourth-order valence-electron chi connectivity index (χ4n) is 1.54.